The minimum atomic E-state index is -0.186. The predicted octanol–water partition coefficient (Wildman–Crippen LogP) is 2.69. The van der Waals surface area contributed by atoms with Crippen molar-refractivity contribution in [3.63, 3.8) is 0 Å². The highest BCUT2D eigenvalue weighted by Gasteiger charge is 2.34. The first-order valence-corrected chi connectivity index (χ1v) is 12.8. The summed E-state index contributed by atoms with van der Waals surface area (Å²) in [5.41, 5.74) is 1.61. The monoisotopic (exact) mass is 509 g/mol. The molecule has 2 bridgehead atoms. The van der Waals surface area contributed by atoms with Crippen molar-refractivity contribution in [2.24, 2.45) is 0 Å². The van der Waals surface area contributed by atoms with Crippen LogP contribution < -0.4 is 4.74 Å². The second-order valence-electron chi connectivity index (χ2n) is 9.93. The maximum absolute atomic E-state index is 13.5. The summed E-state index contributed by atoms with van der Waals surface area (Å²) in [6.07, 6.45) is 1.10. The lowest BCUT2D eigenvalue weighted by atomic mass is 10.1. The van der Waals surface area contributed by atoms with Crippen LogP contribution in [0.1, 0.15) is 11.1 Å². The van der Waals surface area contributed by atoms with Crippen molar-refractivity contribution in [1.82, 2.24) is 19.6 Å². The zero-order valence-electron chi connectivity index (χ0n) is 21.7. The van der Waals surface area contributed by atoms with Gasteiger partial charge in [0.05, 0.1) is 30.4 Å². The Hall–Kier alpha value is -3.19. The van der Waals surface area contributed by atoms with Gasteiger partial charge in [-0.15, -0.1) is 0 Å². The Labute approximate surface area is 218 Å². The maximum atomic E-state index is 13.5. The average Bonchev–Trinajstić information content (AvgIpc) is 2.89. The van der Waals surface area contributed by atoms with E-state index in [1.54, 1.807) is 55.4 Å². The molecular formula is C28H36FN5O3. The number of morpholine rings is 2. The Kier molecular flexibility index (Phi) is 9.34. The SMILES string of the molecule is CN(C)C(=O)N(CCOc1ccc(C#N)cc1)CCN1CC2CN(CCc3cccc(F)c3)CC(C1)O2. The minimum Gasteiger partial charge on any atom is -0.492 e. The first kappa shape index (κ1) is 26.9. The Morgan fingerprint density at radius 1 is 1.05 bits per heavy atom. The second kappa shape index (κ2) is 12.9. The fraction of sp³-hybridized carbons (Fsp3) is 0.500. The Bertz CT molecular complexity index is 1060. The average molecular weight is 510 g/mol. The predicted molar refractivity (Wildman–Crippen MR) is 139 cm³/mol. The molecule has 2 heterocycles. The van der Waals surface area contributed by atoms with Crippen LogP contribution in [0.4, 0.5) is 9.18 Å². The van der Waals surface area contributed by atoms with Gasteiger partial charge in [0, 0.05) is 59.9 Å². The van der Waals surface area contributed by atoms with Crippen LogP contribution in [0, 0.1) is 17.1 Å². The number of nitriles is 1. The van der Waals surface area contributed by atoms with Crippen molar-refractivity contribution in [1.29, 1.82) is 5.26 Å². The van der Waals surface area contributed by atoms with Crippen LogP contribution in [0.15, 0.2) is 48.5 Å². The van der Waals surface area contributed by atoms with Crippen molar-refractivity contribution >= 4 is 6.03 Å². The van der Waals surface area contributed by atoms with Gasteiger partial charge in [-0.2, -0.15) is 5.26 Å². The number of benzene rings is 2. The molecule has 2 unspecified atom stereocenters. The van der Waals surface area contributed by atoms with E-state index in [4.69, 9.17) is 14.7 Å². The third kappa shape index (κ3) is 7.89. The van der Waals surface area contributed by atoms with Crippen LogP contribution in [0.5, 0.6) is 5.75 Å². The van der Waals surface area contributed by atoms with Crippen LogP contribution in [0.2, 0.25) is 0 Å². The first-order valence-electron chi connectivity index (χ1n) is 12.8. The fourth-order valence-electron chi connectivity index (χ4n) is 4.95. The van der Waals surface area contributed by atoms with Crippen LogP contribution >= 0.6 is 0 Å². The van der Waals surface area contributed by atoms with E-state index in [0.29, 0.717) is 31.0 Å². The molecule has 4 rings (SSSR count). The van der Waals surface area contributed by atoms with Gasteiger partial charge in [0.15, 0.2) is 0 Å². The van der Waals surface area contributed by atoms with Gasteiger partial charge < -0.3 is 19.3 Å². The standard InChI is InChI=1S/C28H36FN5O3/c1-31(2)28(35)34(14-15-36-25-8-6-23(17-30)7-9-25)13-12-33-20-26-18-32(19-27(21-33)37-26)11-10-22-4-3-5-24(29)16-22/h3-9,16,26-27H,10-15,18-21H2,1-2H3. The Balaban J connectivity index is 1.23. The lowest BCUT2D eigenvalue weighted by molar-refractivity contribution is -0.138. The summed E-state index contributed by atoms with van der Waals surface area (Å²) in [5, 5.41) is 8.93. The van der Waals surface area contributed by atoms with Crippen molar-refractivity contribution in [3.8, 4) is 11.8 Å². The normalized spacial score (nSPS) is 19.7. The van der Waals surface area contributed by atoms with Gasteiger partial charge in [-0.1, -0.05) is 12.1 Å². The molecule has 0 saturated carbocycles. The molecule has 2 aliphatic rings. The van der Waals surface area contributed by atoms with Crippen molar-refractivity contribution in [3.05, 3.63) is 65.5 Å². The third-order valence-corrected chi connectivity index (χ3v) is 6.79. The second-order valence-corrected chi connectivity index (χ2v) is 9.93. The van der Waals surface area contributed by atoms with Gasteiger partial charge in [-0.3, -0.25) is 9.80 Å². The number of hydrogen-bond acceptors (Lipinski definition) is 6. The molecule has 2 saturated heterocycles. The van der Waals surface area contributed by atoms with Crippen molar-refractivity contribution in [2.75, 3.05) is 73.1 Å². The van der Waals surface area contributed by atoms with Gasteiger partial charge in [0.1, 0.15) is 18.2 Å². The number of nitrogens with zero attached hydrogens (tertiary/aromatic N) is 5. The van der Waals surface area contributed by atoms with Gasteiger partial charge in [0.25, 0.3) is 0 Å². The number of hydrogen-bond donors (Lipinski definition) is 0. The number of carbonyl (C=O) groups excluding carboxylic acids is 1. The zero-order chi connectivity index (χ0) is 26.2. The molecule has 0 N–H and O–H groups in total. The third-order valence-electron chi connectivity index (χ3n) is 6.79. The minimum absolute atomic E-state index is 0.0413. The molecule has 2 fully saturated rings. The van der Waals surface area contributed by atoms with Crippen LogP contribution in [0.3, 0.4) is 0 Å². The van der Waals surface area contributed by atoms with E-state index in [2.05, 4.69) is 15.9 Å². The molecule has 2 aromatic carbocycles. The Morgan fingerprint density at radius 3 is 2.35 bits per heavy atom. The summed E-state index contributed by atoms with van der Waals surface area (Å²) >= 11 is 0. The number of halogens is 1. The molecule has 0 radical (unpaired) electrons. The molecule has 0 aliphatic carbocycles. The van der Waals surface area contributed by atoms with E-state index in [-0.39, 0.29) is 24.1 Å². The molecule has 37 heavy (non-hydrogen) atoms. The lowest BCUT2D eigenvalue weighted by Crippen LogP contribution is -2.60. The summed E-state index contributed by atoms with van der Waals surface area (Å²) in [4.78, 5) is 21.0. The first-order chi connectivity index (χ1) is 17.9. The van der Waals surface area contributed by atoms with E-state index in [1.165, 1.54) is 6.07 Å². The number of ether oxygens (including phenoxy) is 2. The number of carbonyl (C=O) groups is 1. The topological polar surface area (TPSA) is 72.3 Å². The zero-order valence-corrected chi connectivity index (χ0v) is 21.7. The molecule has 0 aromatic heterocycles. The highest BCUT2D eigenvalue weighted by molar-refractivity contribution is 5.73. The van der Waals surface area contributed by atoms with E-state index in [9.17, 15) is 9.18 Å². The summed E-state index contributed by atoms with van der Waals surface area (Å²) in [6, 6.07) is 15.9. The summed E-state index contributed by atoms with van der Waals surface area (Å²) in [5.74, 6) is 0.494. The highest BCUT2D eigenvalue weighted by atomic mass is 19.1. The summed E-state index contributed by atoms with van der Waals surface area (Å²) in [6.45, 7) is 6.51. The summed E-state index contributed by atoms with van der Waals surface area (Å²) in [7, 11) is 3.52. The summed E-state index contributed by atoms with van der Waals surface area (Å²) < 4.78 is 25.5. The number of rotatable bonds is 10. The van der Waals surface area contributed by atoms with Gasteiger partial charge in [-0.25, -0.2) is 9.18 Å². The van der Waals surface area contributed by atoms with Crippen LogP contribution in [-0.4, -0.2) is 111 Å². The highest BCUT2D eigenvalue weighted by Crippen LogP contribution is 2.20. The maximum Gasteiger partial charge on any atom is 0.319 e. The van der Waals surface area contributed by atoms with Gasteiger partial charge in [0.2, 0.25) is 0 Å². The van der Waals surface area contributed by atoms with Gasteiger partial charge >= 0.3 is 6.03 Å². The van der Waals surface area contributed by atoms with E-state index >= 15 is 0 Å². The molecule has 0 spiro atoms. The van der Waals surface area contributed by atoms with Crippen LogP contribution in [0.25, 0.3) is 0 Å². The molecule has 8 nitrogen and oxygen atoms in total. The van der Waals surface area contributed by atoms with Gasteiger partial charge in [-0.05, 0) is 48.4 Å². The molecule has 9 heteroatoms. The quantitative estimate of drug-likeness (QED) is 0.491. The lowest BCUT2D eigenvalue weighted by Gasteiger charge is -2.46. The van der Waals surface area contributed by atoms with E-state index < -0.39 is 0 Å². The smallest absolute Gasteiger partial charge is 0.319 e. The molecule has 2 atom stereocenters. The Morgan fingerprint density at radius 2 is 1.73 bits per heavy atom. The largest absolute Gasteiger partial charge is 0.492 e. The van der Waals surface area contributed by atoms with Crippen molar-refractivity contribution < 1.29 is 18.7 Å². The fourth-order valence-corrected chi connectivity index (χ4v) is 4.95. The number of urea groups is 1. The molecular weight excluding hydrogens is 473 g/mol. The molecule has 198 valence electrons. The van der Waals surface area contributed by atoms with E-state index in [0.717, 1.165) is 51.3 Å². The molecule has 2 aliphatic heterocycles. The van der Waals surface area contributed by atoms with Crippen LogP contribution in [-0.2, 0) is 11.2 Å². The molecule has 2 aromatic rings. The number of amides is 2. The van der Waals surface area contributed by atoms with E-state index in [1.807, 2.05) is 11.0 Å². The number of fused-ring (bicyclic) bond motifs is 2. The van der Waals surface area contributed by atoms with Crippen molar-refractivity contribution in [2.45, 2.75) is 18.6 Å². The molecule has 2 amide bonds.